The summed E-state index contributed by atoms with van der Waals surface area (Å²) in [7, 11) is 1.65. The van der Waals surface area contributed by atoms with Crippen molar-refractivity contribution in [3.8, 4) is 5.75 Å². The molecule has 2 rings (SSSR count). The monoisotopic (exact) mass is 345 g/mol. The number of hydrogen-bond acceptors (Lipinski definition) is 5. The van der Waals surface area contributed by atoms with E-state index in [0.29, 0.717) is 18.8 Å². The van der Waals surface area contributed by atoms with Crippen molar-refractivity contribution in [3.05, 3.63) is 41.6 Å². The molecule has 0 aliphatic heterocycles. The average molecular weight is 345 g/mol. The summed E-state index contributed by atoms with van der Waals surface area (Å²) in [4.78, 5) is 23.9. The highest BCUT2D eigenvalue weighted by Crippen LogP contribution is 2.16. The molecular weight excluding hydrogens is 322 g/mol. The quantitative estimate of drug-likeness (QED) is 0.587. The van der Waals surface area contributed by atoms with Gasteiger partial charge in [0.15, 0.2) is 0 Å². The molecule has 0 aliphatic carbocycles. The fraction of sp³-hybridized carbons (Fsp3) is 0.389. The number of aromatic nitrogens is 2. The van der Waals surface area contributed by atoms with Gasteiger partial charge in [0.05, 0.1) is 19.4 Å². The first-order valence-electron chi connectivity index (χ1n) is 8.19. The number of anilines is 1. The van der Waals surface area contributed by atoms with Crippen LogP contribution >= 0.6 is 0 Å². The minimum Gasteiger partial charge on any atom is -0.494 e. The summed E-state index contributed by atoms with van der Waals surface area (Å²) >= 11 is 0. The molecule has 0 saturated carbocycles. The first-order valence-corrected chi connectivity index (χ1v) is 8.19. The third kappa shape index (κ3) is 5.34. The molecule has 1 amide bonds. The molecule has 0 bridgehead atoms. The number of aryl methyl sites for hydroxylation is 2. The molecule has 0 unspecified atom stereocenters. The third-order valence-corrected chi connectivity index (χ3v) is 3.53. The molecule has 0 fully saturated rings. The summed E-state index contributed by atoms with van der Waals surface area (Å²) < 4.78 is 12.0. The van der Waals surface area contributed by atoms with E-state index in [1.54, 1.807) is 14.0 Å². The van der Waals surface area contributed by atoms with Gasteiger partial charge in [-0.05, 0) is 32.4 Å². The highest BCUT2D eigenvalue weighted by atomic mass is 16.5. The predicted molar refractivity (Wildman–Crippen MR) is 93.7 cm³/mol. The van der Waals surface area contributed by atoms with Crippen LogP contribution in [0.5, 0.6) is 5.75 Å². The van der Waals surface area contributed by atoms with E-state index in [9.17, 15) is 9.59 Å². The van der Waals surface area contributed by atoms with Crippen LogP contribution in [0.4, 0.5) is 5.82 Å². The number of carbonyl (C=O) groups excluding carboxylic acids is 2. The van der Waals surface area contributed by atoms with Crippen LogP contribution in [0.3, 0.4) is 0 Å². The van der Waals surface area contributed by atoms with Crippen LogP contribution < -0.4 is 10.1 Å². The zero-order valence-corrected chi connectivity index (χ0v) is 14.7. The van der Waals surface area contributed by atoms with Crippen molar-refractivity contribution in [2.75, 3.05) is 18.5 Å². The van der Waals surface area contributed by atoms with Crippen molar-refractivity contribution in [1.82, 2.24) is 9.78 Å². The van der Waals surface area contributed by atoms with Gasteiger partial charge in [-0.25, -0.2) is 4.79 Å². The highest BCUT2D eigenvalue weighted by molar-refractivity contribution is 6.00. The fourth-order valence-corrected chi connectivity index (χ4v) is 2.20. The van der Waals surface area contributed by atoms with E-state index in [-0.39, 0.29) is 24.5 Å². The molecule has 0 atom stereocenters. The van der Waals surface area contributed by atoms with Crippen molar-refractivity contribution in [3.63, 3.8) is 0 Å². The minimum atomic E-state index is -0.506. The van der Waals surface area contributed by atoms with Crippen LogP contribution in [0.2, 0.25) is 0 Å². The first kappa shape index (κ1) is 18.5. The number of nitrogens with one attached hydrogen (secondary N) is 1. The largest absolute Gasteiger partial charge is 0.494 e. The zero-order chi connectivity index (χ0) is 18.2. The van der Waals surface area contributed by atoms with Crippen LogP contribution in [0.15, 0.2) is 30.5 Å². The molecule has 0 aliphatic rings. The lowest BCUT2D eigenvalue weighted by Crippen LogP contribution is -2.18. The van der Waals surface area contributed by atoms with E-state index in [2.05, 4.69) is 10.4 Å². The minimum absolute atomic E-state index is 0.207. The van der Waals surface area contributed by atoms with Gasteiger partial charge in [0.25, 0.3) is 0 Å². The van der Waals surface area contributed by atoms with Crippen molar-refractivity contribution in [2.24, 2.45) is 7.05 Å². The van der Waals surface area contributed by atoms with Gasteiger partial charge in [0, 0.05) is 13.5 Å². The predicted octanol–water partition coefficient (Wildman–Crippen LogP) is 2.70. The number of nitrogens with zero attached hydrogens (tertiary/aromatic N) is 2. The van der Waals surface area contributed by atoms with E-state index in [0.717, 1.165) is 5.75 Å². The second kappa shape index (κ2) is 8.86. The Morgan fingerprint density at radius 3 is 2.64 bits per heavy atom. The molecule has 2 aromatic rings. The average Bonchev–Trinajstić information content (AvgIpc) is 2.94. The van der Waals surface area contributed by atoms with E-state index in [1.807, 2.05) is 31.2 Å². The molecule has 134 valence electrons. The number of esters is 1. The van der Waals surface area contributed by atoms with Crippen molar-refractivity contribution in [2.45, 2.75) is 26.7 Å². The van der Waals surface area contributed by atoms with Gasteiger partial charge in [-0.15, -0.1) is 0 Å². The number of carbonyl (C=O) groups is 2. The molecule has 1 N–H and O–H groups in total. The van der Waals surface area contributed by atoms with Gasteiger partial charge in [-0.3, -0.25) is 9.48 Å². The number of amides is 1. The maximum atomic E-state index is 12.1. The van der Waals surface area contributed by atoms with E-state index < -0.39 is 5.97 Å². The lowest BCUT2D eigenvalue weighted by molar-refractivity contribution is -0.116. The molecular formula is C18H23N3O4. The number of hydrogen-bond donors (Lipinski definition) is 1. The Labute approximate surface area is 146 Å². The first-order chi connectivity index (χ1) is 12.0. The van der Waals surface area contributed by atoms with Crippen molar-refractivity contribution < 1.29 is 19.1 Å². The smallest absolute Gasteiger partial charge is 0.343 e. The molecule has 0 radical (unpaired) electrons. The summed E-state index contributed by atoms with van der Waals surface area (Å²) in [5.74, 6) is 0.403. The summed E-state index contributed by atoms with van der Waals surface area (Å²) in [6.07, 6.45) is 2.22. The molecule has 7 heteroatoms. The van der Waals surface area contributed by atoms with Crippen LogP contribution in [0.25, 0.3) is 0 Å². The van der Waals surface area contributed by atoms with Gasteiger partial charge in [0.1, 0.15) is 17.1 Å². The fourth-order valence-electron chi connectivity index (χ4n) is 2.20. The molecule has 25 heavy (non-hydrogen) atoms. The van der Waals surface area contributed by atoms with Crippen LogP contribution in [-0.2, 0) is 16.6 Å². The molecule has 7 nitrogen and oxygen atoms in total. The number of benzene rings is 1. The van der Waals surface area contributed by atoms with Gasteiger partial charge in [0.2, 0.25) is 5.91 Å². The summed E-state index contributed by atoms with van der Waals surface area (Å²) in [5, 5.41) is 6.70. The molecule has 1 heterocycles. The molecule has 1 aromatic carbocycles. The summed E-state index contributed by atoms with van der Waals surface area (Å²) in [5.41, 5.74) is 1.41. The van der Waals surface area contributed by atoms with Gasteiger partial charge in [-0.2, -0.15) is 5.10 Å². The molecule has 1 aromatic heterocycles. The van der Waals surface area contributed by atoms with Crippen LogP contribution in [0.1, 0.15) is 35.7 Å². The SMILES string of the molecule is CCOC(=O)c1cnn(C)c1NC(=O)CCCOc1ccc(C)cc1. The molecule has 0 saturated heterocycles. The standard InChI is InChI=1S/C18H23N3O4/c1-4-24-18(23)15-12-19-21(3)17(15)20-16(22)6-5-11-25-14-9-7-13(2)8-10-14/h7-10,12H,4-6,11H2,1-3H3,(H,20,22). The topological polar surface area (TPSA) is 82.5 Å². The zero-order valence-electron chi connectivity index (χ0n) is 14.7. The normalized spacial score (nSPS) is 10.4. The summed E-state index contributed by atoms with van der Waals surface area (Å²) in [6, 6.07) is 7.75. The summed E-state index contributed by atoms with van der Waals surface area (Å²) in [6.45, 7) is 4.43. The molecule has 0 spiro atoms. The van der Waals surface area contributed by atoms with Crippen molar-refractivity contribution >= 4 is 17.7 Å². The van der Waals surface area contributed by atoms with Crippen LogP contribution in [0, 0.1) is 6.92 Å². The van der Waals surface area contributed by atoms with Gasteiger partial charge in [-0.1, -0.05) is 17.7 Å². The number of ether oxygens (including phenoxy) is 2. The maximum Gasteiger partial charge on any atom is 0.343 e. The van der Waals surface area contributed by atoms with Crippen molar-refractivity contribution in [1.29, 1.82) is 0 Å². The second-order valence-electron chi connectivity index (χ2n) is 5.56. The van der Waals surface area contributed by atoms with E-state index in [1.165, 1.54) is 16.4 Å². The third-order valence-electron chi connectivity index (χ3n) is 3.53. The maximum absolute atomic E-state index is 12.1. The Morgan fingerprint density at radius 2 is 1.96 bits per heavy atom. The Kier molecular flexibility index (Phi) is 6.56. The highest BCUT2D eigenvalue weighted by Gasteiger charge is 2.18. The Bertz CT molecular complexity index is 722. The number of rotatable bonds is 8. The van der Waals surface area contributed by atoms with Gasteiger partial charge < -0.3 is 14.8 Å². The lowest BCUT2D eigenvalue weighted by Gasteiger charge is -2.09. The van der Waals surface area contributed by atoms with Crippen LogP contribution in [-0.4, -0.2) is 34.9 Å². The Hall–Kier alpha value is -2.83. The Balaban J connectivity index is 1.81. The van der Waals surface area contributed by atoms with E-state index in [4.69, 9.17) is 9.47 Å². The second-order valence-corrected chi connectivity index (χ2v) is 5.56. The lowest BCUT2D eigenvalue weighted by atomic mass is 10.2. The van der Waals surface area contributed by atoms with E-state index >= 15 is 0 Å². The van der Waals surface area contributed by atoms with Gasteiger partial charge >= 0.3 is 5.97 Å². The Morgan fingerprint density at radius 1 is 1.24 bits per heavy atom.